The zero-order valence-electron chi connectivity index (χ0n) is 12.8. The van der Waals surface area contributed by atoms with E-state index in [1.54, 1.807) is 11.7 Å². The highest BCUT2D eigenvalue weighted by molar-refractivity contribution is 7.88. The van der Waals surface area contributed by atoms with Crippen molar-refractivity contribution >= 4 is 15.9 Å². The molecule has 1 atom stereocenters. The Morgan fingerprint density at radius 1 is 1.45 bits per heavy atom. The lowest BCUT2D eigenvalue weighted by molar-refractivity contribution is -0.131. The molecule has 0 aliphatic rings. The van der Waals surface area contributed by atoms with E-state index in [2.05, 4.69) is 9.82 Å². The summed E-state index contributed by atoms with van der Waals surface area (Å²) in [5.74, 6) is -0.280. The van der Waals surface area contributed by atoms with E-state index in [4.69, 9.17) is 0 Å². The number of nitrogens with zero attached hydrogens (tertiary/aromatic N) is 3. The smallest absolute Gasteiger partial charge is 0.240 e. The quantitative estimate of drug-likeness (QED) is 0.825. The average Bonchev–Trinajstić information content (AvgIpc) is 2.52. The molecule has 0 radical (unpaired) electrons. The van der Waals surface area contributed by atoms with Gasteiger partial charge in [-0.15, -0.1) is 0 Å². The minimum atomic E-state index is -3.40. The van der Waals surface area contributed by atoms with Crippen molar-refractivity contribution in [3.8, 4) is 0 Å². The number of nitrogens with one attached hydrogen (secondary N) is 1. The average molecular weight is 302 g/mol. The van der Waals surface area contributed by atoms with E-state index in [1.165, 1.54) is 11.8 Å². The molecule has 8 heteroatoms. The Kier molecular flexibility index (Phi) is 4.93. The molecule has 0 saturated heterocycles. The molecule has 1 amide bonds. The first kappa shape index (κ1) is 16.6. The van der Waals surface area contributed by atoms with Crippen LogP contribution in [0.25, 0.3) is 0 Å². The van der Waals surface area contributed by atoms with Crippen molar-refractivity contribution in [1.29, 1.82) is 0 Å². The molecule has 1 aromatic rings. The summed E-state index contributed by atoms with van der Waals surface area (Å²) in [5.41, 5.74) is 2.84. The molecule has 0 fully saturated rings. The second kappa shape index (κ2) is 5.92. The Balaban J connectivity index is 2.80. The molecule has 20 heavy (non-hydrogen) atoms. The molecule has 1 rings (SSSR count). The highest BCUT2D eigenvalue weighted by Gasteiger charge is 2.22. The monoisotopic (exact) mass is 302 g/mol. The van der Waals surface area contributed by atoms with Gasteiger partial charge in [0.05, 0.1) is 18.0 Å². The number of hydrogen-bond acceptors (Lipinski definition) is 4. The SMILES string of the molecule is Cc1nn(C)c(C)c1CN(C)C(=O)C(C)NS(C)(=O)=O. The van der Waals surface area contributed by atoms with Crippen molar-refractivity contribution in [2.24, 2.45) is 7.05 Å². The van der Waals surface area contributed by atoms with Gasteiger partial charge in [0, 0.05) is 31.9 Å². The zero-order chi connectivity index (χ0) is 15.7. The van der Waals surface area contributed by atoms with Gasteiger partial charge in [0.2, 0.25) is 15.9 Å². The molecule has 0 aliphatic heterocycles. The Labute approximate surface area is 120 Å². The van der Waals surface area contributed by atoms with Crippen LogP contribution in [-0.4, -0.2) is 48.4 Å². The number of hydrogen-bond donors (Lipinski definition) is 1. The third kappa shape index (κ3) is 4.04. The van der Waals surface area contributed by atoms with Crippen molar-refractivity contribution in [1.82, 2.24) is 19.4 Å². The van der Waals surface area contributed by atoms with E-state index < -0.39 is 16.1 Å². The Morgan fingerprint density at radius 3 is 2.40 bits per heavy atom. The van der Waals surface area contributed by atoms with Crippen LogP contribution in [-0.2, 0) is 28.4 Å². The summed E-state index contributed by atoms with van der Waals surface area (Å²) in [6, 6.07) is -0.785. The summed E-state index contributed by atoms with van der Waals surface area (Å²) in [7, 11) is 0.0953. The normalized spacial score (nSPS) is 13.3. The highest BCUT2D eigenvalue weighted by atomic mass is 32.2. The fourth-order valence-corrected chi connectivity index (χ4v) is 2.81. The predicted octanol–water partition coefficient (Wildman–Crippen LogP) is -0.0670. The fourth-order valence-electron chi connectivity index (χ4n) is 2.06. The lowest BCUT2D eigenvalue weighted by Crippen LogP contribution is -2.44. The van der Waals surface area contributed by atoms with Crippen LogP contribution in [0.3, 0.4) is 0 Å². The fraction of sp³-hybridized carbons (Fsp3) is 0.667. The molecule has 1 unspecified atom stereocenters. The number of aryl methyl sites for hydroxylation is 2. The van der Waals surface area contributed by atoms with Crippen molar-refractivity contribution in [2.45, 2.75) is 33.4 Å². The molecule has 0 aliphatic carbocycles. The number of carbonyl (C=O) groups is 1. The van der Waals surface area contributed by atoms with Gasteiger partial charge in [-0.05, 0) is 20.8 Å². The Bertz CT molecular complexity index is 606. The minimum absolute atomic E-state index is 0.280. The lowest BCUT2D eigenvalue weighted by atomic mass is 10.2. The topological polar surface area (TPSA) is 84.3 Å². The van der Waals surface area contributed by atoms with E-state index in [1.807, 2.05) is 20.9 Å². The first-order valence-electron chi connectivity index (χ1n) is 6.24. The van der Waals surface area contributed by atoms with Crippen molar-refractivity contribution < 1.29 is 13.2 Å². The molecule has 0 aromatic carbocycles. The summed E-state index contributed by atoms with van der Waals surface area (Å²) < 4.78 is 26.3. The van der Waals surface area contributed by atoms with Gasteiger partial charge >= 0.3 is 0 Å². The lowest BCUT2D eigenvalue weighted by Gasteiger charge is -2.21. The number of rotatable bonds is 5. The van der Waals surface area contributed by atoms with Gasteiger partial charge in [0.15, 0.2) is 0 Å². The second-order valence-electron chi connectivity index (χ2n) is 5.08. The van der Waals surface area contributed by atoms with E-state index in [0.29, 0.717) is 6.54 Å². The van der Waals surface area contributed by atoms with Crippen molar-refractivity contribution in [2.75, 3.05) is 13.3 Å². The van der Waals surface area contributed by atoms with Crippen LogP contribution in [0, 0.1) is 13.8 Å². The van der Waals surface area contributed by atoms with E-state index in [-0.39, 0.29) is 5.91 Å². The van der Waals surface area contributed by atoms with Gasteiger partial charge in [-0.1, -0.05) is 0 Å². The molecule has 114 valence electrons. The van der Waals surface area contributed by atoms with Gasteiger partial charge in [0.1, 0.15) is 0 Å². The summed E-state index contributed by atoms with van der Waals surface area (Å²) in [6.07, 6.45) is 1.03. The molecule has 1 heterocycles. The maximum Gasteiger partial charge on any atom is 0.240 e. The summed E-state index contributed by atoms with van der Waals surface area (Å²) >= 11 is 0. The van der Waals surface area contributed by atoms with Crippen LogP contribution < -0.4 is 4.72 Å². The Hall–Kier alpha value is -1.41. The van der Waals surface area contributed by atoms with E-state index in [0.717, 1.165) is 23.2 Å². The Morgan fingerprint density at radius 2 is 2.00 bits per heavy atom. The van der Waals surface area contributed by atoms with Crippen LogP contribution in [0.5, 0.6) is 0 Å². The number of sulfonamides is 1. The van der Waals surface area contributed by atoms with Crippen LogP contribution in [0.15, 0.2) is 0 Å². The minimum Gasteiger partial charge on any atom is -0.340 e. The number of likely N-dealkylation sites (N-methyl/N-ethyl adjacent to an activating group) is 1. The zero-order valence-corrected chi connectivity index (χ0v) is 13.6. The largest absolute Gasteiger partial charge is 0.340 e. The van der Waals surface area contributed by atoms with Gasteiger partial charge in [-0.25, -0.2) is 13.1 Å². The molecule has 0 saturated carbocycles. The maximum atomic E-state index is 12.1. The number of aromatic nitrogens is 2. The van der Waals surface area contributed by atoms with Crippen molar-refractivity contribution in [3.05, 3.63) is 17.0 Å². The van der Waals surface area contributed by atoms with Gasteiger partial charge in [-0.2, -0.15) is 5.10 Å². The first-order valence-corrected chi connectivity index (χ1v) is 8.13. The molecule has 7 nitrogen and oxygen atoms in total. The number of amides is 1. The van der Waals surface area contributed by atoms with E-state index >= 15 is 0 Å². The molecule has 1 aromatic heterocycles. The first-order chi connectivity index (χ1) is 9.03. The van der Waals surface area contributed by atoms with E-state index in [9.17, 15) is 13.2 Å². The van der Waals surface area contributed by atoms with Gasteiger partial charge in [-0.3, -0.25) is 9.48 Å². The molecular weight excluding hydrogens is 280 g/mol. The molecule has 1 N–H and O–H groups in total. The number of carbonyl (C=O) groups excluding carboxylic acids is 1. The van der Waals surface area contributed by atoms with Gasteiger partial charge < -0.3 is 4.90 Å². The third-order valence-electron chi connectivity index (χ3n) is 3.19. The second-order valence-corrected chi connectivity index (χ2v) is 6.86. The molecule has 0 spiro atoms. The van der Waals surface area contributed by atoms with Crippen LogP contribution in [0.2, 0.25) is 0 Å². The van der Waals surface area contributed by atoms with Crippen LogP contribution >= 0.6 is 0 Å². The highest BCUT2D eigenvalue weighted by Crippen LogP contribution is 2.14. The van der Waals surface area contributed by atoms with Gasteiger partial charge in [0.25, 0.3) is 0 Å². The van der Waals surface area contributed by atoms with Crippen molar-refractivity contribution in [3.63, 3.8) is 0 Å². The maximum absolute atomic E-state index is 12.1. The molecular formula is C12H22N4O3S. The third-order valence-corrected chi connectivity index (χ3v) is 3.97. The summed E-state index contributed by atoms with van der Waals surface area (Å²) in [5, 5.41) is 4.29. The van der Waals surface area contributed by atoms with Crippen LogP contribution in [0.1, 0.15) is 23.9 Å². The molecule has 0 bridgehead atoms. The van der Waals surface area contributed by atoms with Crippen LogP contribution in [0.4, 0.5) is 0 Å². The standard InChI is InChI=1S/C12H22N4O3S/c1-8-11(10(3)16(5)13-8)7-15(4)12(17)9(2)14-20(6,18)19/h9,14H,7H2,1-6H3. The predicted molar refractivity (Wildman–Crippen MR) is 76.6 cm³/mol. The summed E-state index contributed by atoms with van der Waals surface area (Å²) in [6.45, 7) is 5.76. The summed E-state index contributed by atoms with van der Waals surface area (Å²) in [4.78, 5) is 13.6.